The molecule has 0 bridgehead atoms. The van der Waals surface area contributed by atoms with Crippen LogP contribution in [-0.2, 0) is 4.79 Å². The number of rotatable bonds is 6. The average Bonchev–Trinajstić information content (AvgIpc) is 2.38. The van der Waals surface area contributed by atoms with Crippen molar-refractivity contribution in [1.82, 2.24) is 5.32 Å². The number of nitro benzene ring substituents is 1. The maximum atomic E-state index is 12.0. The van der Waals surface area contributed by atoms with Crippen molar-refractivity contribution in [2.45, 2.75) is 26.3 Å². The van der Waals surface area contributed by atoms with Crippen LogP contribution in [-0.4, -0.2) is 28.8 Å². The Kier molecular flexibility index (Phi) is 4.85. The van der Waals surface area contributed by atoms with Crippen LogP contribution in [0.3, 0.4) is 0 Å². The molecule has 0 radical (unpaired) electrons. The Hall–Kier alpha value is -2.64. The highest BCUT2D eigenvalue weighted by molar-refractivity contribution is 5.99. The molecule has 0 unspecified atom stereocenters. The topological polar surface area (TPSA) is 127 Å². The minimum atomic E-state index is -1.24. The molecule has 0 saturated carbocycles. The molecular weight excluding hydrogens is 276 g/mol. The van der Waals surface area contributed by atoms with E-state index in [0.717, 1.165) is 6.07 Å². The monoisotopic (exact) mass is 294 g/mol. The van der Waals surface area contributed by atoms with Crippen molar-refractivity contribution in [2.75, 3.05) is 11.9 Å². The molecule has 0 atom stereocenters. The number of hydrogen-bond donors (Lipinski definition) is 3. The van der Waals surface area contributed by atoms with Gasteiger partial charge in [0.1, 0.15) is 11.2 Å². The number of nitro groups is 1. The third kappa shape index (κ3) is 3.91. The van der Waals surface area contributed by atoms with Crippen LogP contribution in [0.1, 0.15) is 31.1 Å². The minimum absolute atomic E-state index is 0.0812. The van der Waals surface area contributed by atoms with Crippen LogP contribution >= 0.6 is 0 Å². The Morgan fingerprint density at radius 2 is 2.00 bits per heavy atom. The minimum Gasteiger partial charge on any atom is -0.380 e. The highest BCUT2D eigenvalue weighted by Crippen LogP contribution is 2.25. The van der Waals surface area contributed by atoms with Gasteiger partial charge in [0.25, 0.3) is 11.6 Å². The lowest BCUT2D eigenvalue weighted by atomic mass is 10.0. The van der Waals surface area contributed by atoms with Crippen molar-refractivity contribution in [3.05, 3.63) is 33.9 Å². The predicted octanol–water partition coefficient (Wildman–Crippen LogP) is 1.02. The van der Waals surface area contributed by atoms with Crippen molar-refractivity contribution >= 4 is 23.2 Å². The van der Waals surface area contributed by atoms with E-state index in [9.17, 15) is 19.7 Å². The van der Waals surface area contributed by atoms with Gasteiger partial charge in [-0.15, -0.1) is 0 Å². The number of carbonyl (C=O) groups is 2. The summed E-state index contributed by atoms with van der Waals surface area (Å²) in [5.74, 6) is -1.31. The van der Waals surface area contributed by atoms with Gasteiger partial charge in [-0.1, -0.05) is 0 Å². The second-order valence-corrected chi connectivity index (χ2v) is 4.96. The molecule has 8 nitrogen and oxygen atoms in total. The molecule has 1 aromatic carbocycles. The molecule has 0 saturated heterocycles. The lowest BCUT2D eigenvalue weighted by Crippen LogP contribution is -2.53. The van der Waals surface area contributed by atoms with Gasteiger partial charge in [-0.3, -0.25) is 19.7 Å². The second kappa shape index (κ2) is 6.21. The maximum absolute atomic E-state index is 12.0. The fourth-order valence-corrected chi connectivity index (χ4v) is 1.58. The average molecular weight is 294 g/mol. The van der Waals surface area contributed by atoms with E-state index in [0.29, 0.717) is 12.2 Å². The number of carbonyl (C=O) groups excluding carboxylic acids is 2. The Morgan fingerprint density at radius 3 is 2.48 bits per heavy atom. The molecule has 21 heavy (non-hydrogen) atoms. The molecule has 0 fully saturated rings. The van der Waals surface area contributed by atoms with E-state index in [1.54, 1.807) is 6.92 Å². The summed E-state index contributed by atoms with van der Waals surface area (Å²) < 4.78 is 0. The van der Waals surface area contributed by atoms with Crippen molar-refractivity contribution in [3.63, 3.8) is 0 Å². The van der Waals surface area contributed by atoms with E-state index < -0.39 is 22.3 Å². The smallest absolute Gasteiger partial charge is 0.293 e. The highest BCUT2D eigenvalue weighted by Gasteiger charge is 2.28. The molecule has 2 amide bonds. The van der Waals surface area contributed by atoms with Crippen molar-refractivity contribution in [1.29, 1.82) is 0 Å². The summed E-state index contributed by atoms with van der Waals surface area (Å²) in [5, 5.41) is 16.3. The normalized spacial score (nSPS) is 10.8. The quantitative estimate of drug-likeness (QED) is 0.533. The first-order chi connectivity index (χ1) is 9.69. The molecule has 0 heterocycles. The first kappa shape index (κ1) is 16.4. The molecular formula is C13H18N4O4. The van der Waals surface area contributed by atoms with Gasteiger partial charge >= 0.3 is 0 Å². The summed E-state index contributed by atoms with van der Waals surface area (Å²) in [6.07, 6.45) is 0. The van der Waals surface area contributed by atoms with Gasteiger partial charge in [0.15, 0.2) is 0 Å². The lowest BCUT2D eigenvalue weighted by Gasteiger charge is -2.22. The number of nitrogens with zero attached hydrogens (tertiary/aromatic N) is 1. The van der Waals surface area contributed by atoms with Gasteiger partial charge in [-0.2, -0.15) is 0 Å². The van der Waals surface area contributed by atoms with E-state index in [4.69, 9.17) is 5.73 Å². The van der Waals surface area contributed by atoms with Crippen LogP contribution in [0.15, 0.2) is 18.2 Å². The third-order valence-corrected chi connectivity index (χ3v) is 2.87. The number of anilines is 1. The van der Waals surface area contributed by atoms with Crippen LogP contribution in [0.5, 0.6) is 0 Å². The molecule has 1 rings (SSSR count). The van der Waals surface area contributed by atoms with Gasteiger partial charge in [0.2, 0.25) is 5.91 Å². The largest absolute Gasteiger partial charge is 0.380 e. The van der Waals surface area contributed by atoms with E-state index in [1.807, 2.05) is 0 Å². The number of amides is 2. The molecule has 8 heteroatoms. The summed E-state index contributed by atoms with van der Waals surface area (Å²) >= 11 is 0. The van der Waals surface area contributed by atoms with Crippen LogP contribution in [0, 0.1) is 10.1 Å². The van der Waals surface area contributed by atoms with Crippen molar-refractivity contribution in [2.24, 2.45) is 5.73 Å². The highest BCUT2D eigenvalue weighted by atomic mass is 16.6. The van der Waals surface area contributed by atoms with E-state index in [1.165, 1.54) is 26.0 Å². The summed E-state index contributed by atoms with van der Waals surface area (Å²) in [5.41, 5.74) is 4.12. The molecule has 4 N–H and O–H groups in total. The van der Waals surface area contributed by atoms with Crippen LogP contribution < -0.4 is 16.4 Å². The lowest BCUT2D eigenvalue weighted by molar-refractivity contribution is -0.384. The van der Waals surface area contributed by atoms with Crippen LogP contribution in [0.2, 0.25) is 0 Å². The van der Waals surface area contributed by atoms with Crippen molar-refractivity contribution in [3.8, 4) is 0 Å². The van der Waals surface area contributed by atoms with Gasteiger partial charge < -0.3 is 16.4 Å². The molecule has 0 aromatic heterocycles. The number of nitrogens with two attached hydrogens (primary N) is 1. The van der Waals surface area contributed by atoms with Crippen LogP contribution in [0.4, 0.5) is 11.4 Å². The molecule has 1 aromatic rings. The summed E-state index contributed by atoms with van der Waals surface area (Å²) in [6.45, 7) is 5.23. The summed E-state index contributed by atoms with van der Waals surface area (Å²) in [6, 6.07) is 4.05. The Balaban J connectivity index is 3.09. The fraction of sp³-hybridized carbons (Fsp3) is 0.385. The van der Waals surface area contributed by atoms with Gasteiger partial charge in [0.05, 0.1) is 4.92 Å². The van der Waals surface area contributed by atoms with Crippen molar-refractivity contribution < 1.29 is 14.5 Å². The maximum Gasteiger partial charge on any atom is 0.293 e. The second-order valence-electron chi connectivity index (χ2n) is 4.96. The van der Waals surface area contributed by atoms with Gasteiger partial charge in [-0.05, 0) is 32.9 Å². The first-order valence-corrected chi connectivity index (χ1v) is 6.33. The summed E-state index contributed by atoms with van der Waals surface area (Å²) in [4.78, 5) is 33.7. The fourth-order valence-electron chi connectivity index (χ4n) is 1.58. The van der Waals surface area contributed by atoms with Gasteiger partial charge in [0, 0.05) is 18.2 Å². The SMILES string of the molecule is CCNc1ccc(C(=O)NC(C)(C)C(N)=O)cc1[N+](=O)[O-]. The summed E-state index contributed by atoms with van der Waals surface area (Å²) in [7, 11) is 0. The standard InChI is InChI=1S/C13H18N4O4/c1-4-15-9-6-5-8(7-10(9)17(20)21)11(18)16-13(2,3)12(14)19/h5-7,15H,4H2,1-3H3,(H2,14,19)(H,16,18). The molecule has 0 spiro atoms. The zero-order valence-corrected chi connectivity index (χ0v) is 12.1. The number of nitrogens with one attached hydrogen (secondary N) is 2. The molecule has 0 aliphatic heterocycles. The Bertz CT molecular complexity index is 584. The predicted molar refractivity (Wildman–Crippen MR) is 78.0 cm³/mol. The Labute approximate surface area is 121 Å². The third-order valence-electron chi connectivity index (χ3n) is 2.87. The molecule has 0 aliphatic rings. The van der Waals surface area contributed by atoms with Crippen LogP contribution in [0.25, 0.3) is 0 Å². The Morgan fingerprint density at radius 1 is 1.38 bits per heavy atom. The molecule has 0 aliphatic carbocycles. The number of hydrogen-bond acceptors (Lipinski definition) is 5. The van der Waals surface area contributed by atoms with E-state index >= 15 is 0 Å². The van der Waals surface area contributed by atoms with E-state index in [2.05, 4.69) is 10.6 Å². The zero-order chi connectivity index (χ0) is 16.2. The first-order valence-electron chi connectivity index (χ1n) is 6.33. The molecule has 114 valence electrons. The zero-order valence-electron chi connectivity index (χ0n) is 12.1. The van der Waals surface area contributed by atoms with E-state index in [-0.39, 0.29) is 11.3 Å². The number of primary amides is 1. The number of benzene rings is 1. The van der Waals surface area contributed by atoms with Gasteiger partial charge in [-0.25, -0.2) is 0 Å².